The third kappa shape index (κ3) is 4.55. The van der Waals surface area contributed by atoms with Gasteiger partial charge in [-0.3, -0.25) is 4.79 Å². The first kappa shape index (κ1) is 22.1. The Kier molecular flexibility index (Phi) is 5.81. The number of fused-ring (bicyclic) bond motifs is 1. The lowest BCUT2D eigenvalue weighted by Crippen LogP contribution is -2.42. The zero-order valence-electron chi connectivity index (χ0n) is 18.3. The molecule has 0 bridgehead atoms. The van der Waals surface area contributed by atoms with Crippen molar-refractivity contribution in [2.75, 3.05) is 19.7 Å². The fraction of sp³-hybridized carbons (Fsp3) is 0.417. The van der Waals surface area contributed by atoms with E-state index in [0.717, 1.165) is 12.5 Å². The Labute approximate surface area is 185 Å². The van der Waals surface area contributed by atoms with E-state index in [9.17, 15) is 19.1 Å². The smallest absolute Gasteiger partial charge is 0.338 e. The van der Waals surface area contributed by atoms with Gasteiger partial charge in [0.2, 0.25) is 0 Å². The molecule has 0 saturated carbocycles. The van der Waals surface area contributed by atoms with Crippen LogP contribution < -0.4 is 9.47 Å². The molecule has 2 aromatic rings. The number of halogens is 1. The highest BCUT2D eigenvalue weighted by Gasteiger charge is 2.30. The molecule has 1 fully saturated rings. The maximum absolute atomic E-state index is 14.6. The lowest BCUT2D eigenvalue weighted by molar-refractivity contribution is 0.00685. The molecule has 0 aromatic heterocycles. The first-order valence-electron chi connectivity index (χ1n) is 10.6. The molecule has 7 nitrogen and oxygen atoms in total. The average Bonchev–Trinajstić information content (AvgIpc) is 3.09. The van der Waals surface area contributed by atoms with Gasteiger partial charge in [0.25, 0.3) is 5.91 Å². The van der Waals surface area contributed by atoms with Gasteiger partial charge in [0, 0.05) is 31.1 Å². The van der Waals surface area contributed by atoms with Crippen LogP contribution in [0.2, 0.25) is 0 Å². The normalized spacial score (nSPS) is 17.3. The second-order valence-corrected chi connectivity index (χ2v) is 8.97. The van der Waals surface area contributed by atoms with Gasteiger partial charge < -0.3 is 24.2 Å². The number of carbonyl (C=O) groups is 2. The Morgan fingerprint density at radius 1 is 1.22 bits per heavy atom. The van der Waals surface area contributed by atoms with Gasteiger partial charge in [0.05, 0.1) is 17.7 Å². The Balaban J connectivity index is 1.63. The summed E-state index contributed by atoms with van der Waals surface area (Å²) in [6.45, 7) is 6.36. The van der Waals surface area contributed by atoms with Crippen LogP contribution in [-0.2, 0) is 11.2 Å². The summed E-state index contributed by atoms with van der Waals surface area (Å²) in [5.41, 5.74) is 0.191. The zero-order chi connectivity index (χ0) is 23.0. The van der Waals surface area contributed by atoms with E-state index in [1.54, 1.807) is 31.7 Å². The van der Waals surface area contributed by atoms with Crippen LogP contribution in [0.3, 0.4) is 0 Å². The van der Waals surface area contributed by atoms with Crippen molar-refractivity contribution in [3.63, 3.8) is 0 Å². The Morgan fingerprint density at radius 3 is 2.56 bits per heavy atom. The molecule has 1 unspecified atom stereocenters. The Morgan fingerprint density at radius 2 is 1.97 bits per heavy atom. The topological polar surface area (TPSA) is 85.3 Å². The first-order valence-corrected chi connectivity index (χ1v) is 10.6. The molecule has 1 amide bonds. The van der Waals surface area contributed by atoms with Crippen LogP contribution in [0.1, 0.15) is 53.5 Å². The van der Waals surface area contributed by atoms with Gasteiger partial charge in [0.1, 0.15) is 34.8 Å². The van der Waals surface area contributed by atoms with Crippen LogP contribution in [-0.4, -0.2) is 53.3 Å². The summed E-state index contributed by atoms with van der Waals surface area (Å²) in [6.07, 6.45) is 0.837. The van der Waals surface area contributed by atoms with E-state index >= 15 is 0 Å². The minimum absolute atomic E-state index is 0.00605. The van der Waals surface area contributed by atoms with E-state index in [1.807, 2.05) is 0 Å². The molecule has 32 heavy (non-hydrogen) atoms. The maximum atomic E-state index is 14.6. The second kappa shape index (κ2) is 8.43. The third-order valence-electron chi connectivity index (χ3n) is 5.27. The predicted octanol–water partition coefficient (Wildman–Crippen LogP) is 3.72. The average molecular weight is 443 g/mol. The van der Waals surface area contributed by atoms with E-state index in [1.165, 1.54) is 18.2 Å². The number of hydrogen-bond donors (Lipinski definition) is 1. The van der Waals surface area contributed by atoms with Crippen molar-refractivity contribution in [2.45, 2.75) is 45.3 Å². The third-order valence-corrected chi connectivity index (χ3v) is 5.27. The molecule has 2 aromatic carbocycles. The quantitative estimate of drug-likeness (QED) is 0.709. The van der Waals surface area contributed by atoms with Gasteiger partial charge in [0.15, 0.2) is 0 Å². The summed E-state index contributed by atoms with van der Waals surface area (Å²) in [7, 11) is 0. The number of hydrogen-bond acceptors (Lipinski definition) is 6. The number of benzene rings is 2. The number of aliphatic hydroxyl groups excluding tert-OH is 1. The molecular weight excluding hydrogens is 417 g/mol. The highest BCUT2D eigenvalue weighted by Crippen LogP contribution is 2.40. The number of esters is 1. The van der Waals surface area contributed by atoms with Gasteiger partial charge >= 0.3 is 5.97 Å². The standard InChI is InChI=1S/C24H26FNO6/c1-24(2,3)32-23(29)14-9-20(18-11-16(13-27)31-21(18)10-14)30-15-5-6-17(19(25)12-15)22(28)26-7-4-8-26/h5-6,9-10,12,16,27H,4,7-8,11,13H2,1-3H3. The van der Waals surface area contributed by atoms with E-state index in [0.29, 0.717) is 36.6 Å². The van der Waals surface area contributed by atoms with E-state index in [4.69, 9.17) is 14.2 Å². The van der Waals surface area contributed by atoms with Crippen LogP contribution in [0.15, 0.2) is 30.3 Å². The number of nitrogens with zero attached hydrogens (tertiary/aromatic N) is 1. The number of ether oxygens (including phenoxy) is 3. The summed E-state index contributed by atoms with van der Waals surface area (Å²) in [5, 5.41) is 9.50. The van der Waals surface area contributed by atoms with Crippen LogP contribution in [0.25, 0.3) is 0 Å². The zero-order valence-corrected chi connectivity index (χ0v) is 18.3. The molecule has 2 heterocycles. The van der Waals surface area contributed by atoms with Gasteiger partial charge in [-0.2, -0.15) is 0 Å². The molecule has 1 N–H and O–H groups in total. The SMILES string of the molecule is CC(C)(C)OC(=O)c1cc(Oc2ccc(C(=O)N3CCC3)c(F)c2)c2c(c1)OC(CO)C2. The molecule has 2 aliphatic heterocycles. The summed E-state index contributed by atoms with van der Waals surface area (Å²) >= 11 is 0. The number of carbonyl (C=O) groups excluding carboxylic acids is 2. The van der Waals surface area contributed by atoms with Crippen LogP contribution in [0.5, 0.6) is 17.2 Å². The lowest BCUT2D eigenvalue weighted by Gasteiger charge is -2.31. The summed E-state index contributed by atoms with van der Waals surface area (Å²) in [4.78, 5) is 26.5. The summed E-state index contributed by atoms with van der Waals surface area (Å²) in [5.74, 6) is -0.675. The molecule has 0 aliphatic carbocycles. The number of aliphatic hydroxyl groups is 1. The lowest BCUT2D eigenvalue weighted by atomic mass is 10.1. The Bertz CT molecular complexity index is 1060. The van der Waals surface area contributed by atoms with E-state index < -0.39 is 23.5 Å². The monoisotopic (exact) mass is 443 g/mol. The molecule has 1 atom stereocenters. The molecule has 8 heteroatoms. The first-order chi connectivity index (χ1) is 15.1. The molecular formula is C24H26FNO6. The van der Waals surface area contributed by atoms with Crippen LogP contribution in [0.4, 0.5) is 4.39 Å². The number of amides is 1. The highest BCUT2D eigenvalue weighted by atomic mass is 19.1. The number of rotatable bonds is 5. The Hall–Kier alpha value is -3.13. The molecule has 1 saturated heterocycles. The van der Waals surface area contributed by atoms with Crippen molar-refractivity contribution in [1.82, 2.24) is 4.90 Å². The van der Waals surface area contributed by atoms with E-state index in [2.05, 4.69) is 0 Å². The molecule has 170 valence electrons. The van der Waals surface area contributed by atoms with Crippen molar-refractivity contribution >= 4 is 11.9 Å². The van der Waals surface area contributed by atoms with Crippen molar-refractivity contribution in [1.29, 1.82) is 0 Å². The van der Waals surface area contributed by atoms with Crippen LogP contribution >= 0.6 is 0 Å². The fourth-order valence-corrected chi connectivity index (χ4v) is 3.57. The summed E-state index contributed by atoms with van der Waals surface area (Å²) in [6, 6.07) is 7.14. The fourth-order valence-electron chi connectivity index (χ4n) is 3.57. The number of likely N-dealkylation sites (tertiary alicyclic amines) is 1. The highest BCUT2D eigenvalue weighted by molar-refractivity contribution is 5.95. The molecule has 0 spiro atoms. The molecule has 2 aliphatic rings. The minimum Gasteiger partial charge on any atom is -0.487 e. The largest absolute Gasteiger partial charge is 0.487 e. The van der Waals surface area contributed by atoms with Gasteiger partial charge in [-0.1, -0.05) is 0 Å². The molecule has 0 radical (unpaired) electrons. The van der Waals surface area contributed by atoms with Crippen molar-refractivity contribution < 1.29 is 33.3 Å². The van der Waals surface area contributed by atoms with Crippen molar-refractivity contribution in [2.24, 2.45) is 0 Å². The van der Waals surface area contributed by atoms with Crippen LogP contribution in [0, 0.1) is 5.82 Å². The summed E-state index contributed by atoms with van der Waals surface area (Å²) < 4.78 is 31.7. The maximum Gasteiger partial charge on any atom is 0.338 e. The van der Waals surface area contributed by atoms with Gasteiger partial charge in [-0.25, -0.2) is 9.18 Å². The van der Waals surface area contributed by atoms with E-state index in [-0.39, 0.29) is 29.4 Å². The van der Waals surface area contributed by atoms with Gasteiger partial charge in [-0.15, -0.1) is 0 Å². The molecule has 4 rings (SSSR count). The predicted molar refractivity (Wildman–Crippen MR) is 114 cm³/mol. The second-order valence-electron chi connectivity index (χ2n) is 8.97. The van der Waals surface area contributed by atoms with Gasteiger partial charge in [-0.05, 0) is 51.5 Å². The minimum atomic E-state index is -0.687. The van der Waals surface area contributed by atoms with Crippen molar-refractivity contribution in [3.8, 4) is 17.2 Å². The van der Waals surface area contributed by atoms with Crippen molar-refractivity contribution in [3.05, 3.63) is 52.8 Å².